The summed E-state index contributed by atoms with van der Waals surface area (Å²) in [5, 5.41) is 17.4. The maximum atomic E-state index is 10.8. The highest BCUT2D eigenvalue weighted by atomic mass is 127. The number of aliphatic imine (C=N–C) groups is 1. The molecular formula is C20H39IN4O2. The number of hydrogen-bond acceptors (Lipinski definition) is 4. The van der Waals surface area contributed by atoms with E-state index in [0.717, 1.165) is 62.2 Å². The largest absolute Gasteiger partial charge is 0.466 e. The molecule has 1 aromatic rings. The molecule has 0 spiro atoms. The summed E-state index contributed by atoms with van der Waals surface area (Å²) >= 11 is 0. The Bertz CT molecular complexity index is 554. The summed E-state index contributed by atoms with van der Waals surface area (Å²) in [5.41, 5.74) is -0.249. The molecule has 0 bridgehead atoms. The van der Waals surface area contributed by atoms with E-state index in [1.807, 2.05) is 26.8 Å². The Balaban J connectivity index is 0.00000676. The molecule has 1 atom stereocenters. The van der Waals surface area contributed by atoms with Crippen LogP contribution >= 0.6 is 24.0 Å². The summed E-state index contributed by atoms with van der Waals surface area (Å²) < 4.78 is 5.54. The van der Waals surface area contributed by atoms with Crippen LogP contribution in [0.15, 0.2) is 15.5 Å². The molecule has 0 aliphatic rings. The lowest BCUT2D eigenvalue weighted by atomic mass is 9.96. The zero-order chi connectivity index (χ0) is 19.6. The van der Waals surface area contributed by atoms with Crippen molar-refractivity contribution < 1.29 is 9.52 Å². The number of unbranched alkanes of at least 4 members (excludes halogenated alkanes) is 1. The van der Waals surface area contributed by atoms with E-state index in [9.17, 15) is 5.11 Å². The third kappa shape index (κ3) is 9.30. The first-order chi connectivity index (χ1) is 12.3. The van der Waals surface area contributed by atoms with Crippen LogP contribution in [0.1, 0.15) is 57.6 Å². The molecule has 6 nitrogen and oxygen atoms in total. The van der Waals surface area contributed by atoms with Gasteiger partial charge in [0.25, 0.3) is 0 Å². The minimum Gasteiger partial charge on any atom is -0.466 e. The van der Waals surface area contributed by atoms with E-state index in [0.29, 0.717) is 0 Å². The van der Waals surface area contributed by atoms with E-state index in [1.165, 1.54) is 6.42 Å². The van der Waals surface area contributed by atoms with Crippen LogP contribution < -0.4 is 10.6 Å². The molecule has 0 aromatic carbocycles. The van der Waals surface area contributed by atoms with E-state index in [2.05, 4.69) is 34.4 Å². The molecule has 158 valence electrons. The zero-order valence-corrected chi connectivity index (χ0v) is 20.2. The fraction of sp³-hybridized carbons (Fsp3) is 0.750. The number of aliphatic hydroxyl groups is 1. The molecule has 1 heterocycles. The highest BCUT2D eigenvalue weighted by molar-refractivity contribution is 14.0. The van der Waals surface area contributed by atoms with Gasteiger partial charge in [-0.1, -0.05) is 13.8 Å². The van der Waals surface area contributed by atoms with E-state index in [1.54, 1.807) is 6.92 Å². The van der Waals surface area contributed by atoms with Crippen LogP contribution in [0.3, 0.4) is 0 Å². The third-order valence-corrected chi connectivity index (χ3v) is 4.60. The van der Waals surface area contributed by atoms with Gasteiger partial charge in [-0.2, -0.15) is 0 Å². The molecule has 0 radical (unpaired) electrons. The van der Waals surface area contributed by atoms with Crippen molar-refractivity contribution in [3.05, 3.63) is 23.2 Å². The van der Waals surface area contributed by atoms with Gasteiger partial charge in [-0.15, -0.1) is 24.0 Å². The van der Waals surface area contributed by atoms with Gasteiger partial charge >= 0.3 is 0 Å². The summed E-state index contributed by atoms with van der Waals surface area (Å²) in [4.78, 5) is 7.01. The first-order valence-corrected chi connectivity index (χ1v) is 9.88. The van der Waals surface area contributed by atoms with Crippen molar-refractivity contribution in [3.8, 4) is 0 Å². The van der Waals surface area contributed by atoms with Gasteiger partial charge in [0, 0.05) is 18.7 Å². The van der Waals surface area contributed by atoms with Gasteiger partial charge in [0.05, 0.1) is 6.54 Å². The van der Waals surface area contributed by atoms with Gasteiger partial charge in [-0.25, -0.2) is 4.99 Å². The second-order valence-electron chi connectivity index (χ2n) is 6.96. The van der Waals surface area contributed by atoms with E-state index in [4.69, 9.17) is 4.42 Å². The van der Waals surface area contributed by atoms with Crippen molar-refractivity contribution in [2.75, 3.05) is 39.3 Å². The Morgan fingerprint density at radius 3 is 2.37 bits per heavy atom. The number of furan rings is 1. The van der Waals surface area contributed by atoms with Crippen LogP contribution in [0.2, 0.25) is 0 Å². The van der Waals surface area contributed by atoms with Crippen LogP contribution in [0.5, 0.6) is 0 Å². The van der Waals surface area contributed by atoms with E-state index in [-0.39, 0.29) is 30.5 Å². The lowest BCUT2D eigenvalue weighted by molar-refractivity contribution is 0.0657. The van der Waals surface area contributed by atoms with Crippen molar-refractivity contribution >= 4 is 29.9 Å². The van der Waals surface area contributed by atoms with Crippen molar-refractivity contribution in [3.63, 3.8) is 0 Å². The van der Waals surface area contributed by atoms with Crippen molar-refractivity contribution in [1.82, 2.24) is 15.5 Å². The molecule has 0 saturated heterocycles. The molecule has 0 saturated carbocycles. The Morgan fingerprint density at radius 1 is 1.19 bits per heavy atom. The maximum absolute atomic E-state index is 10.8. The quantitative estimate of drug-likeness (QED) is 0.190. The van der Waals surface area contributed by atoms with Crippen LogP contribution in [-0.4, -0.2) is 55.2 Å². The minimum absolute atomic E-state index is 0. The molecule has 0 amide bonds. The Kier molecular flexibility index (Phi) is 13.0. The maximum Gasteiger partial charge on any atom is 0.191 e. The second kappa shape index (κ2) is 13.4. The Hall–Kier alpha value is -0.800. The smallest absolute Gasteiger partial charge is 0.191 e. The highest BCUT2D eigenvalue weighted by Crippen LogP contribution is 2.27. The van der Waals surface area contributed by atoms with Crippen molar-refractivity contribution in [2.24, 2.45) is 4.99 Å². The number of nitrogens with one attached hydrogen (secondary N) is 2. The normalized spacial score (nSPS) is 14.0. The number of hydrogen-bond donors (Lipinski definition) is 3. The molecule has 3 N–H and O–H groups in total. The average molecular weight is 494 g/mol. The summed E-state index contributed by atoms with van der Waals surface area (Å²) in [6.45, 7) is 17.3. The van der Waals surface area contributed by atoms with Gasteiger partial charge in [-0.05, 0) is 66.2 Å². The zero-order valence-electron chi connectivity index (χ0n) is 17.9. The molecule has 0 aliphatic heterocycles. The molecule has 1 aromatic heterocycles. The fourth-order valence-corrected chi connectivity index (χ4v) is 3.03. The fourth-order valence-electron chi connectivity index (χ4n) is 3.03. The van der Waals surface area contributed by atoms with Crippen molar-refractivity contribution in [2.45, 2.75) is 60.0 Å². The average Bonchev–Trinajstić information content (AvgIpc) is 2.95. The van der Waals surface area contributed by atoms with Crippen LogP contribution in [0, 0.1) is 13.8 Å². The van der Waals surface area contributed by atoms with Gasteiger partial charge in [-0.3, -0.25) is 0 Å². The number of halogens is 1. The molecule has 1 unspecified atom stereocenters. The Labute approximate surface area is 182 Å². The summed E-state index contributed by atoms with van der Waals surface area (Å²) in [6.07, 6.45) is 2.26. The molecule has 1 rings (SSSR count). The van der Waals surface area contributed by atoms with Crippen LogP contribution in [0.4, 0.5) is 0 Å². The molecular weight excluding hydrogens is 455 g/mol. The highest BCUT2D eigenvalue weighted by Gasteiger charge is 2.27. The van der Waals surface area contributed by atoms with Crippen LogP contribution in [-0.2, 0) is 5.60 Å². The number of guanidine groups is 1. The predicted molar refractivity (Wildman–Crippen MR) is 124 cm³/mol. The number of rotatable bonds is 11. The molecule has 7 heteroatoms. The third-order valence-electron chi connectivity index (χ3n) is 4.60. The van der Waals surface area contributed by atoms with Crippen LogP contribution in [0.25, 0.3) is 0 Å². The number of aryl methyl sites for hydroxylation is 2. The van der Waals surface area contributed by atoms with E-state index < -0.39 is 5.60 Å². The lowest BCUT2D eigenvalue weighted by Gasteiger charge is -2.22. The van der Waals surface area contributed by atoms with Crippen molar-refractivity contribution in [1.29, 1.82) is 0 Å². The van der Waals surface area contributed by atoms with Gasteiger partial charge in [0.15, 0.2) is 5.96 Å². The van der Waals surface area contributed by atoms with Gasteiger partial charge < -0.3 is 25.1 Å². The molecule has 0 fully saturated rings. The Morgan fingerprint density at radius 2 is 1.85 bits per heavy atom. The van der Waals surface area contributed by atoms with Gasteiger partial charge in [0.2, 0.25) is 0 Å². The summed E-state index contributed by atoms with van der Waals surface area (Å²) in [6, 6.07) is 1.89. The molecule has 27 heavy (non-hydrogen) atoms. The first-order valence-electron chi connectivity index (χ1n) is 9.88. The molecule has 0 aliphatic carbocycles. The monoisotopic (exact) mass is 494 g/mol. The van der Waals surface area contributed by atoms with Gasteiger partial charge in [0.1, 0.15) is 17.1 Å². The standard InChI is InChI=1S/C20H38N4O2.HI/c1-7-21-19(22-12-10-11-13-24(8-2)9-3)23-15-20(6,25)18-14-16(4)26-17(18)5;/h14,25H,7-13,15H2,1-6H3,(H2,21,22,23);1H. The summed E-state index contributed by atoms with van der Waals surface area (Å²) in [5.74, 6) is 2.30. The summed E-state index contributed by atoms with van der Waals surface area (Å²) in [7, 11) is 0. The second-order valence-corrected chi connectivity index (χ2v) is 6.96. The topological polar surface area (TPSA) is 73.0 Å². The van der Waals surface area contributed by atoms with E-state index >= 15 is 0 Å². The predicted octanol–water partition coefficient (Wildman–Crippen LogP) is 3.40. The lowest BCUT2D eigenvalue weighted by Crippen LogP contribution is -2.39. The first kappa shape index (κ1) is 26.2. The SMILES string of the molecule is CCNC(=NCC(C)(O)c1cc(C)oc1C)NCCCCN(CC)CC.I. The number of nitrogens with zero attached hydrogens (tertiary/aromatic N) is 2. The minimum atomic E-state index is -1.05.